The number of amides is 1. The van der Waals surface area contributed by atoms with Gasteiger partial charge in [-0.15, -0.1) is 0 Å². The molecule has 6 nitrogen and oxygen atoms in total. The molecule has 0 saturated heterocycles. The third-order valence-corrected chi connectivity index (χ3v) is 5.43. The number of hydrogen-bond acceptors (Lipinski definition) is 5. The SMILES string of the molecule is C=C1CC(C)(C(=O)NCCSSCCC(=O)O)C1.O=C(O)C(F)(F)F. The second kappa shape index (κ2) is 10.6. The summed E-state index contributed by atoms with van der Waals surface area (Å²) in [6.45, 7) is 6.44. The molecule has 0 atom stereocenters. The van der Waals surface area contributed by atoms with Crippen molar-refractivity contribution < 1.29 is 37.8 Å². The highest BCUT2D eigenvalue weighted by atomic mass is 33.1. The molecule has 1 aliphatic carbocycles. The molecule has 11 heteroatoms. The molecule has 1 aliphatic rings. The van der Waals surface area contributed by atoms with Crippen LogP contribution in [0.2, 0.25) is 0 Å². The maximum Gasteiger partial charge on any atom is 0.490 e. The number of carbonyl (C=O) groups is 3. The molecule has 0 bridgehead atoms. The first-order valence-corrected chi connectivity index (χ1v) is 9.58. The Balaban J connectivity index is 0.000000697. The number of halogens is 3. The highest BCUT2D eigenvalue weighted by Crippen LogP contribution is 2.43. The van der Waals surface area contributed by atoms with Crippen molar-refractivity contribution in [3.05, 3.63) is 12.2 Å². The Morgan fingerprint density at radius 2 is 1.68 bits per heavy atom. The molecule has 1 amide bonds. The molecule has 144 valence electrons. The molecular formula is C14H20F3NO5S2. The van der Waals surface area contributed by atoms with Gasteiger partial charge in [0.2, 0.25) is 5.91 Å². The summed E-state index contributed by atoms with van der Waals surface area (Å²) in [6, 6.07) is 0. The monoisotopic (exact) mass is 403 g/mol. The van der Waals surface area contributed by atoms with Gasteiger partial charge < -0.3 is 15.5 Å². The summed E-state index contributed by atoms with van der Waals surface area (Å²) in [7, 11) is 3.13. The quantitative estimate of drug-likeness (QED) is 0.325. The Morgan fingerprint density at radius 3 is 2.08 bits per heavy atom. The summed E-state index contributed by atoms with van der Waals surface area (Å²) in [4.78, 5) is 31.0. The van der Waals surface area contributed by atoms with Crippen molar-refractivity contribution >= 4 is 39.4 Å². The Bertz CT molecular complexity index is 503. The lowest BCUT2D eigenvalue weighted by molar-refractivity contribution is -0.192. The largest absolute Gasteiger partial charge is 0.490 e. The van der Waals surface area contributed by atoms with Crippen molar-refractivity contribution in [2.75, 3.05) is 18.1 Å². The summed E-state index contributed by atoms with van der Waals surface area (Å²) in [6.07, 6.45) is -3.32. The van der Waals surface area contributed by atoms with Crippen LogP contribution in [0.3, 0.4) is 0 Å². The normalized spacial score (nSPS) is 15.4. The fourth-order valence-corrected chi connectivity index (χ4v) is 3.76. The van der Waals surface area contributed by atoms with Gasteiger partial charge in [-0.3, -0.25) is 9.59 Å². The smallest absolute Gasteiger partial charge is 0.481 e. The molecule has 1 fully saturated rings. The van der Waals surface area contributed by atoms with Crippen LogP contribution in [0.25, 0.3) is 0 Å². The number of carboxylic acids is 2. The lowest BCUT2D eigenvalue weighted by Crippen LogP contribution is -2.45. The third kappa shape index (κ3) is 10.3. The van der Waals surface area contributed by atoms with Crippen molar-refractivity contribution in [3.8, 4) is 0 Å². The number of carboxylic acid groups (broad SMARTS) is 2. The van der Waals surface area contributed by atoms with E-state index < -0.39 is 18.1 Å². The summed E-state index contributed by atoms with van der Waals surface area (Å²) >= 11 is 0. The highest BCUT2D eigenvalue weighted by Gasteiger charge is 2.41. The molecule has 3 N–H and O–H groups in total. The fraction of sp³-hybridized carbons (Fsp3) is 0.643. The van der Waals surface area contributed by atoms with Gasteiger partial charge in [-0.25, -0.2) is 4.79 Å². The van der Waals surface area contributed by atoms with Gasteiger partial charge in [0.1, 0.15) is 0 Å². The minimum absolute atomic E-state index is 0.103. The number of carbonyl (C=O) groups excluding carboxylic acids is 1. The Labute approximate surface area is 151 Å². The molecule has 1 rings (SSSR count). The Hall–Kier alpha value is -1.36. The van der Waals surface area contributed by atoms with E-state index >= 15 is 0 Å². The topological polar surface area (TPSA) is 104 Å². The third-order valence-electron chi connectivity index (χ3n) is 3.02. The average molecular weight is 403 g/mol. The van der Waals surface area contributed by atoms with Crippen LogP contribution in [0.4, 0.5) is 13.2 Å². The predicted molar refractivity (Wildman–Crippen MR) is 90.4 cm³/mol. The number of nitrogens with one attached hydrogen (secondary N) is 1. The zero-order valence-corrected chi connectivity index (χ0v) is 15.2. The van der Waals surface area contributed by atoms with E-state index in [9.17, 15) is 22.8 Å². The zero-order valence-electron chi connectivity index (χ0n) is 13.5. The minimum Gasteiger partial charge on any atom is -0.481 e. The molecular weight excluding hydrogens is 383 g/mol. The number of aliphatic carboxylic acids is 2. The zero-order chi connectivity index (χ0) is 19.7. The summed E-state index contributed by atoms with van der Waals surface area (Å²) in [5, 5.41) is 18.5. The fourth-order valence-electron chi connectivity index (χ4n) is 1.88. The molecule has 0 aliphatic heterocycles. The summed E-state index contributed by atoms with van der Waals surface area (Å²) < 4.78 is 31.7. The van der Waals surface area contributed by atoms with Crippen LogP contribution in [-0.4, -0.2) is 52.3 Å². The van der Waals surface area contributed by atoms with Crippen molar-refractivity contribution in [2.45, 2.75) is 32.4 Å². The first-order chi connectivity index (χ1) is 11.4. The lowest BCUT2D eigenvalue weighted by atomic mass is 9.67. The highest BCUT2D eigenvalue weighted by molar-refractivity contribution is 8.76. The molecule has 1 saturated carbocycles. The van der Waals surface area contributed by atoms with E-state index in [1.165, 1.54) is 10.8 Å². The lowest BCUT2D eigenvalue weighted by Gasteiger charge is -2.38. The van der Waals surface area contributed by atoms with Crippen molar-refractivity contribution in [1.82, 2.24) is 5.32 Å². The van der Waals surface area contributed by atoms with Gasteiger partial charge in [-0.1, -0.05) is 40.7 Å². The first kappa shape index (κ1) is 23.6. The predicted octanol–water partition coefficient (Wildman–Crippen LogP) is 2.95. The molecule has 0 radical (unpaired) electrons. The van der Waals surface area contributed by atoms with E-state index in [0.29, 0.717) is 12.3 Å². The molecule has 0 spiro atoms. The van der Waals surface area contributed by atoms with Gasteiger partial charge in [0.25, 0.3) is 0 Å². The van der Waals surface area contributed by atoms with Crippen LogP contribution >= 0.6 is 21.6 Å². The van der Waals surface area contributed by atoms with Crippen molar-refractivity contribution in [2.24, 2.45) is 5.41 Å². The van der Waals surface area contributed by atoms with E-state index in [1.807, 2.05) is 6.92 Å². The molecule has 0 aromatic heterocycles. The van der Waals surface area contributed by atoms with E-state index in [-0.39, 0.29) is 17.7 Å². The molecule has 0 aromatic carbocycles. The number of allylic oxidation sites excluding steroid dienone is 1. The van der Waals surface area contributed by atoms with Gasteiger partial charge >= 0.3 is 18.1 Å². The maximum atomic E-state index is 11.8. The van der Waals surface area contributed by atoms with Crippen LogP contribution in [0, 0.1) is 5.41 Å². The molecule has 0 aromatic rings. The van der Waals surface area contributed by atoms with Crippen molar-refractivity contribution in [1.29, 1.82) is 0 Å². The van der Waals surface area contributed by atoms with E-state index in [1.54, 1.807) is 10.8 Å². The van der Waals surface area contributed by atoms with Gasteiger partial charge in [0.05, 0.1) is 11.8 Å². The Morgan fingerprint density at radius 1 is 1.20 bits per heavy atom. The summed E-state index contributed by atoms with van der Waals surface area (Å²) in [5.74, 6) is -2.02. The van der Waals surface area contributed by atoms with Gasteiger partial charge in [-0.2, -0.15) is 13.2 Å². The summed E-state index contributed by atoms with van der Waals surface area (Å²) in [5.41, 5.74) is 0.893. The van der Waals surface area contributed by atoms with Crippen LogP contribution in [0.5, 0.6) is 0 Å². The van der Waals surface area contributed by atoms with Gasteiger partial charge in [-0.05, 0) is 12.8 Å². The van der Waals surface area contributed by atoms with Crippen LogP contribution in [-0.2, 0) is 14.4 Å². The number of rotatable bonds is 8. The van der Waals surface area contributed by atoms with Crippen LogP contribution < -0.4 is 5.32 Å². The van der Waals surface area contributed by atoms with Crippen molar-refractivity contribution in [3.63, 3.8) is 0 Å². The average Bonchev–Trinajstić information content (AvgIpc) is 2.43. The van der Waals surface area contributed by atoms with Gasteiger partial charge in [0, 0.05) is 18.1 Å². The minimum atomic E-state index is -5.08. The molecule has 25 heavy (non-hydrogen) atoms. The number of hydrogen-bond donors (Lipinski definition) is 3. The van der Waals surface area contributed by atoms with E-state index in [4.69, 9.17) is 15.0 Å². The first-order valence-electron chi connectivity index (χ1n) is 7.10. The van der Waals surface area contributed by atoms with E-state index in [0.717, 1.165) is 24.2 Å². The van der Waals surface area contributed by atoms with Crippen LogP contribution in [0.15, 0.2) is 12.2 Å². The van der Waals surface area contributed by atoms with Gasteiger partial charge in [0.15, 0.2) is 0 Å². The van der Waals surface area contributed by atoms with E-state index in [2.05, 4.69) is 11.9 Å². The second-order valence-corrected chi connectivity index (χ2v) is 8.21. The van der Waals surface area contributed by atoms with Crippen LogP contribution in [0.1, 0.15) is 26.2 Å². The second-order valence-electron chi connectivity index (χ2n) is 5.51. The molecule has 0 heterocycles. The standard InChI is InChI=1S/C12H19NO3S2.C2HF3O2/c1-9-7-12(2,8-9)11(16)13-4-6-18-17-5-3-10(14)15;3-2(4,5)1(6)7/h1,3-8H2,2H3,(H,13,16)(H,14,15);(H,6,7). The number of alkyl halides is 3. The Kier molecular flexibility index (Phi) is 10.0. The maximum absolute atomic E-state index is 11.8. The molecule has 0 unspecified atom stereocenters.